The van der Waals surface area contributed by atoms with Gasteiger partial charge in [-0.05, 0) is 62.4 Å². The second-order valence-electron chi connectivity index (χ2n) is 10.1. The molecule has 38 heavy (non-hydrogen) atoms. The molecular formula is C29H37N5O4. The van der Waals surface area contributed by atoms with Gasteiger partial charge in [0, 0.05) is 19.2 Å². The third-order valence-corrected chi connectivity index (χ3v) is 7.52. The maximum atomic E-state index is 14.1. The average Bonchev–Trinajstić information content (AvgIpc) is 3.62. The van der Waals surface area contributed by atoms with Crippen molar-refractivity contribution in [2.75, 3.05) is 19.8 Å². The Kier molecular flexibility index (Phi) is 8.53. The fourth-order valence-corrected chi connectivity index (χ4v) is 5.63. The van der Waals surface area contributed by atoms with E-state index in [4.69, 9.17) is 9.47 Å². The van der Waals surface area contributed by atoms with E-state index >= 15 is 0 Å². The zero-order chi connectivity index (χ0) is 26.3. The summed E-state index contributed by atoms with van der Waals surface area (Å²) in [5, 5.41) is 11.6. The highest BCUT2D eigenvalue weighted by Gasteiger charge is 2.37. The molecule has 2 aromatic carbocycles. The van der Waals surface area contributed by atoms with Crippen LogP contribution in [0.2, 0.25) is 0 Å². The Morgan fingerprint density at radius 3 is 2.61 bits per heavy atom. The zero-order valence-corrected chi connectivity index (χ0v) is 22.1. The van der Waals surface area contributed by atoms with E-state index in [9.17, 15) is 9.59 Å². The Morgan fingerprint density at radius 2 is 1.87 bits per heavy atom. The first-order chi connectivity index (χ1) is 18.6. The number of rotatable bonds is 10. The minimum Gasteiger partial charge on any atom is -0.494 e. The molecule has 0 bridgehead atoms. The van der Waals surface area contributed by atoms with Crippen LogP contribution in [0.15, 0.2) is 48.5 Å². The number of ether oxygens (including phenoxy) is 2. The first-order valence-corrected chi connectivity index (χ1v) is 13.9. The predicted octanol–water partition coefficient (Wildman–Crippen LogP) is 4.03. The second kappa shape index (κ2) is 12.4. The number of carbonyl (C=O) groups is 2. The highest BCUT2D eigenvalue weighted by atomic mass is 16.5. The summed E-state index contributed by atoms with van der Waals surface area (Å²) in [6.07, 6.45) is 6.90. The van der Waals surface area contributed by atoms with Crippen LogP contribution in [0, 0.1) is 0 Å². The van der Waals surface area contributed by atoms with Crippen molar-refractivity contribution in [2.45, 2.75) is 76.6 Å². The van der Waals surface area contributed by atoms with Gasteiger partial charge in [-0.15, -0.1) is 5.10 Å². The second-order valence-corrected chi connectivity index (χ2v) is 10.1. The van der Waals surface area contributed by atoms with Crippen molar-refractivity contribution in [2.24, 2.45) is 0 Å². The summed E-state index contributed by atoms with van der Waals surface area (Å²) in [7, 11) is 0. The third-order valence-electron chi connectivity index (χ3n) is 7.52. The molecule has 9 nitrogen and oxygen atoms in total. The number of amides is 2. The predicted molar refractivity (Wildman–Crippen MR) is 144 cm³/mol. The molecule has 1 N–H and O–H groups in total. The number of nitrogens with zero attached hydrogens (tertiary/aromatic N) is 4. The summed E-state index contributed by atoms with van der Waals surface area (Å²) in [6.45, 7) is 3.67. The van der Waals surface area contributed by atoms with Crippen LogP contribution in [0.5, 0.6) is 5.75 Å². The Morgan fingerprint density at radius 1 is 1.08 bits per heavy atom. The van der Waals surface area contributed by atoms with Crippen LogP contribution in [0.3, 0.4) is 0 Å². The lowest BCUT2D eigenvalue weighted by Crippen LogP contribution is -2.51. The summed E-state index contributed by atoms with van der Waals surface area (Å²) < 4.78 is 13.0. The number of carbonyl (C=O) groups excluding carboxylic acids is 2. The molecule has 2 amide bonds. The van der Waals surface area contributed by atoms with Gasteiger partial charge in [0.25, 0.3) is 0 Å². The Labute approximate surface area is 223 Å². The molecule has 2 aliphatic rings. The molecule has 1 aliphatic heterocycles. The normalized spacial score (nSPS) is 18.8. The van der Waals surface area contributed by atoms with Gasteiger partial charge in [-0.25, -0.2) is 4.68 Å². The first-order valence-electron chi connectivity index (χ1n) is 13.9. The summed E-state index contributed by atoms with van der Waals surface area (Å²) in [5.74, 6) is 0.408. The van der Waals surface area contributed by atoms with Gasteiger partial charge >= 0.3 is 0 Å². The number of hydrogen-bond donors (Lipinski definition) is 1. The minimum atomic E-state index is -0.766. The van der Waals surface area contributed by atoms with Crippen LogP contribution < -0.4 is 10.1 Å². The van der Waals surface area contributed by atoms with E-state index in [1.54, 1.807) is 4.68 Å². The third kappa shape index (κ3) is 5.99. The zero-order valence-electron chi connectivity index (χ0n) is 22.1. The lowest BCUT2D eigenvalue weighted by Gasteiger charge is -2.39. The number of para-hydroxylation sites is 1. The maximum absolute atomic E-state index is 14.1. The van der Waals surface area contributed by atoms with Gasteiger partial charge in [0.15, 0.2) is 0 Å². The van der Waals surface area contributed by atoms with Crippen molar-refractivity contribution in [3.63, 3.8) is 0 Å². The van der Waals surface area contributed by atoms with Crippen molar-refractivity contribution < 1.29 is 19.1 Å². The molecule has 9 heteroatoms. The number of fused-ring (bicyclic) bond motifs is 1. The molecule has 0 spiro atoms. The van der Waals surface area contributed by atoms with E-state index in [0.29, 0.717) is 13.2 Å². The van der Waals surface area contributed by atoms with Gasteiger partial charge in [0.1, 0.15) is 23.9 Å². The van der Waals surface area contributed by atoms with Crippen LogP contribution in [0.25, 0.3) is 11.0 Å². The monoisotopic (exact) mass is 519 g/mol. The van der Waals surface area contributed by atoms with Gasteiger partial charge < -0.3 is 19.7 Å². The summed E-state index contributed by atoms with van der Waals surface area (Å²) >= 11 is 0. The molecule has 1 aliphatic carbocycles. The van der Waals surface area contributed by atoms with Crippen LogP contribution in [-0.2, 0) is 20.9 Å². The standard InChI is InChI=1S/C29H37N5O4/c1-2-37-23-16-14-21(15-17-23)28(29(36)30-19-24-11-8-18-38-24)34(22-9-4-3-5-10-22)27(35)20-33-26-13-7-6-12-25(26)31-32-33/h6-7,12-17,22,24,28H,2-5,8-11,18-20H2,1H3,(H,30,36)/t24-,28+/m0/s1. The molecule has 1 saturated carbocycles. The van der Waals surface area contributed by atoms with Gasteiger partial charge in [-0.1, -0.05) is 48.7 Å². The summed E-state index contributed by atoms with van der Waals surface area (Å²) in [4.78, 5) is 29.8. The van der Waals surface area contributed by atoms with Crippen molar-refractivity contribution in [1.82, 2.24) is 25.2 Å². The molecule has 1 aromatic heterocycles. The van der Waals surface area contributed by atoms with Crippen LogP contribution >= 0.6 is 0 Å². The maximum Gasteiger partial charge on any atom is 0.247 e. The van der Waals surface area contributed by atoms with Crippen molar-refractivity contribution in [1.29, 1.82) is 0 Å². The average molecular weight is 520 g/mol. The van der Waals surface area contributed by atoms with Crippen molar-refractivity contribution in [3.05, 3.63) is 54.1 Å². The molecule has 5 rings (SSSR count). The van der Waals surface area contributed by atoms with Crippen LogP contribution in [0.4, 0.5) is 0 Å². The Balaban J connectivity index is 1.47. The van der Waals surface area contributed by atoms with E-state index in [1.807, 2.05) is 60.4 Å². The molecule has 2 heterocycles. The first kappa shape index (κ1) is 26.2. The van der Waals surface area contributed by atoms with E-state index in [2.05, 4.69) is 15.6 Å². The van der Waals surface area contributed by atoms with Gasteiger partial charge in [0.05, 0.1) is 18.2 Å². The Bertz CT molecular complexity index is 1220. The van der Waals surface area contributed by atoms with E-state index < -0.39 is 6.04 Å². The minimum absolute atomic E-state index is 0.0141. The van der Waals surface area contributed by atoms with Crippen LogP contribution in [-0.4, -0.2) is 63.6 Å². The smallest absolute Gasteiger partial charge is 0.247 e. The van der Waals surface area contributed by atoms with Crippen molar-refractivity contribution >= 4 is 22.8 Å². The van der Waals surface area contributed by atoms with Gasteiger partial charge in [-0.2, -0.15) is 0 Å². The molecule has 0 radical (unpaired) electrons. The highest BCUT2D eigenvalue weighted by molar-refractivity contribution is 5.89. The topological polar surface area (TPSA) is 98.6 Å². The molecule has 3 aromatic rings. The van der Waals surface area contributed by atoms with Gasteiger partial charge in [-0.3, -0.25) is 9.59 Å². The molecule has 0 unspecified atom stereocenters. The molecule has 1 saturated heterocycles. The summed E-state index contributed by atoms with van der Waals surface area (Å²) in [5.41, 5.74) is 2.30. The van der Waals surface area contributed by atoms with E-state index in [-0.39, 0.29) is 30.5 Å². The fraction of sp³-hybridized carbons (Fsp3) is 0.517. The molecule has 202 valence electrons. The number of aromatic nitrogens is 3. The number of benzene rings is 2. The molecule has 2 atom stereocenters. The number of nitrogens with one attached hydrogen (secondary N) is 1. The van der Waals surface area contributed by atoms with Gasteiger partial charge in [0.2, 0.25) is 11.8 Å². The van der Waals surface area contributed by atoms with Crippen LogP contribution in [0.1, 0.15) is 63.5 Å². The SMILES string of the molecule is CCOc1ccc([C@H](C(=O)NC[C@@H]2CCCO2)N(C(=O)Cn2nnc3ccccc32)C2CCCCC2)cc1. The van der Waals surface area contributed by atoms with Crippen molar-refractivity contribution in [3.8, 4) is 5.75 Å². The molecular weight excluding hydrogens is 482 g/mol. The quantitative estimate of drug-likeness (QED) is 0.434. The number of hydrogen-bond acceptors (Lipinski definition) is 6. The largest absolute Gasteiger partial charge is 0.494 e. The Hall–Kier alpha value is -3.46. The lowest BCUT2D eigenvalue weighted by atomic mass is 9.91. The van der Waals surface area contributed by atoms with E-state index in [0.717, 1.165) is 73.9 Å². The summed E-state index contributed by atoms with van der Waals surface area (Å²) in [6, 6.07) is 14.3. The van der Waals surface area contributed by atoms with E-state index in [1.165, 1.54) is 0 Å². The molecule has 2 fully saturated rings. The lowest BCUT2D eigenvalue weighted by molar-refractivity contribution is -0.145. The fourth-order valence-electron chi connectivity index (χ4n) is 5.63. The highest BCUT2D eigenvalue weighted by Crippen LogP contribution is 2.32.